The van der Waals surface area contributed by atoms with Gasteiger partial charge in [0, 0.05) is 93.4 Å². The number of halogens is 3. The molecule has 3 aromatic heterocycles. The number of ether oxygens (including phenoxy) is 2. The number of piperazine rings is 1. The van der Waals surface area contributed by atoms with Crippen molar-refractivity contribution in [3.63, 3.8) is 0 Å². The zero-order valence-electron chi connectivity index (χ0n) is 42.0. The van der Waals surface area contributed by atoms with Gasteiger partial charge in [-0.1, -0.05) is 13.0 Å². The number of nitrogens with one attached hydrogen (secondary N) is 1. The molecule has 7 aliphatic rings. The Morgan fingerprint density at radius 1 is 0.865 bits per heavy atom. The van der Waals surface area contributed by atoms with E-state index in [0.29, 0.717) is 98.1 Å². The van der Waals surface area contributed by atoms with Gasteiger partial charge in [-0.2, -0.15) is 15.1 Å². The Labute approximate surface area is 427 Å². The summed E-state index contributed by atoms with van der Waals surface area (Å²) in [5.41, 5.74) is 1.19. The van der Waals surface area contributed by atoms with Gasteiger partial charge < -0.3 is 29.3 Å². The number of rotatable bonds is 12. The molecule has 2 amide bonds. The third kappa shape index (κ3) is 8.57. The highest BCUT2D eigenvalue weighted by Gasteiger charge is 2.57. The number of carbonyl (C=O) groups excluding carboxylic acids is 2. The molecule has 3 aromatic carbocycles. The van der Waals surface area contributed by atoms with E-state index in [1.807, 2.05) is 13.0 Å². The average molecular weight is 1010 g/mol. The predicted molar refractivity (Wildman–Crippen MR) is 274 cm³/mol. The lowest BCUT2D eigenvalue weighted by molar-refractivity contribution is -0.151. The zero-order valence-corrected chi connectivity index (χ0v) is 42.0. The highest BCUT2D eigenvalue weighted by atomic mass is 19.1. The Kier molecular flexibility index (Phi) is 11.6. The molecule has 2 aliphatic carbocycles. The van der Waals surface area contributed by atoms with Gasteiger partial charge in [0.05, 0.1) is 35.9 Å². The van der Waals surface area contributed by atoms with Crippen LogP contribution in [0.15, 0.2) is 54.9 Å². The van der Waals surface area contributed by atoms with E-state index in [1.54, 1.807) is 29.2 Å². The fourth-order valence-corrected chi connectivity index (χ4v) is 13.7. The first-order chi connectivity index (χ1) is 35.8. The van der Waals surface area contributed by atoms with Gasteiger partial charge in [-0.15, -0.1) is 0 Å². The van der Waals surface area contributed by atoms with Crippen molar-refractivity contribution in [1.29, 1.82) is 0 Å². The number of fused-ring (bicyclic) bond motifs is 3. The summed E-state index contributed by atoms with van der Waals surface area (Å²) in [5, 5.41) is 20.2. The number of aromatic nitrogens is 5. The second-order valence-electron chi connectivity index (χ2n) is 22.9. The van der Waals surface area contributed by atoms with Crippen molar-refractivity contribution in [3.05, 3.63) is 72.1 Å². The van der Waals surface area contributed by atoms with Crippen LogP contribution in [0.1, 0.15) is 89.2 Å². The van der Waals surface area contributed by atoms with Gasteiger partial charge in [-0.3, -0.25) is 29.5 Å². The first kappa shape index (κ1) is 47.6. The van der Waals surface area contributed by atoms with E-state index in [1.165, 1.54) is 12.1 Å². The number of nitrogens with zero attached hydrogens (tertiary/aromatic N) is 9. The molecule has 8 heterocycles. The number of likely N-dealkylation sites (tertiary alicyclic amines) is 1. The average Bonchev–Trinajstić information content (AvgIpc) is 4.02. The van der Waals surface area contributed by atoms with E-state index < -0.39 is 23.3 Å². The van der Waals surface area contributed by atoms with Crippen LogP contribution in [0.5, 0.6) is 11.8 Å². The van der Waals surface area contributed by atoms with Gasteiger partial charge >= 0.3 is 6.01 Å². The minimum absolute atomic E-state index is 0.0321. The van der Waals surface area contributed by atoms with E-state index in [4.69, 9.17) is 19.4 Å². The molecule has 15 nitrogen and oxygen atoms in total. The minimum atomic E-state index is -1.18. The molecule has 2 N–H and O–H groups in total. The van der Waals surface area contributed by atoms with E-state index in [-0.39, 0.29) is 51.2 Å². The molecule has 74 heavy (non-hydrogen) atoms. The van der Waals surface area contributed by atoms with E-state index >= 15 is 13.2 Å². The number of hydrogen-bond donors (Lipinski definition) is 2. The summed E-state index contributed by atoms with van der Waals surface area (Å²) in [7, 11) is 0. The molecule has 2 saturated carbocycles. The summed E-state index contributed by atoms with van der Waals surface area (Å²) < 4.78 is 63.4. The molecule has 13 rings (SSSR count). The fraction of sp³-hybridized carbons (Fsp3) is 0.536. The first-order valence-electron chi connectivity index (χ1n) is 26.8. The van der Waals surface area contributed by atoms with Crippen molar-refractivity contribution in [2.24, 2.45) is 10.8 Å². The Bertz CT molecular complexity index is 3210. The number of anilines is 2. The van der Waals surface area contributed by atoms with Crippen molar-refractivity contribution in [2.75, 3.05) is 88.5 Å². The van der Waals surface area contributed by atoms with E-state index in [9.17, 15) is 14.7 Å². The highest BCUT2D eigenvalue weighted by Crippen LogP contribution is 2.58. The van der Waals surface area contributed by atoms with Gasteiger partial charge in [0.25, 0.3) is 5.91 Å². The largest absolute Gasteiger partial charge is 0.508 e. The lowest BCUT2D eigenvalue weighted by Gasteiger charge is -2.57. The van der Waals surface area contributed by atoms with E-state index in [0.717, 1.165) is 107 Å². The number of pyridine rings is 1. The molecular formula is C56H63F3N10O5. The number of hydrogen-bond acceptors (Lipinski definition) is 13. The standard InChI is InChI=1S/C56H63F3N10O5/c1-2-39-42(57)6-4-35-25-38(70)26-40(46(35)39)48-47(58)49-41(28-60-48)50(68-16-3-10-56(33-68)15-23-74-56)64-52(63-49)73-34-54(11-12-54)31-65-17-13-53(14-18-65)29-55(59,30-53)32-66-19-21-67(22-20-66)37-5-7-43-36(24-37)27-61-69(43)44-8-9-45(71)62-51(44)72/h4-7,24-28,44,70H,2-3,8-23,29-34H2,1H3,(H,62,71,72)/t44?,56-/m0/s1. The van der Waals surface area contributed by atoms with Crippen molar-refractivity contribution in [1.82, 2.24) is 39.8 Å². The second-order valence-corrected chi connectivity index (χ2v) is 22.9. The maximum absolute atomic E-state index is 17.3. The topological polar surface area (TPSA) is 154 Å². The number of aryl methyl sites for hydroxylation is 1. The van der Waals surface area contributed by atoms with Gasteiger partial charge in [-0.05, 0) is 135 Å². The quantitative estimate of drug-likeness (QED) is 0.114. The molecule has 6 aromatic rings. The van der Waals surface area contributed by atoms with Crippen molar-refractivity contribution >= 4 is 55.9 Å². The molecule has 0 radical (unpaired) electrons. The van der Waals surface area contributed by atoms with Gasteiger partial charge in [0.15, 0.2) is 5.82 Å². The number of carbonyl (C=O) groups is 2. The third-order valence-electron chi connectivity index (χ3n) is 17.9. The molecule has 18 heteroatoms. The molecule has 7 fully saturated rings. The third-order valence-corrected chi connectivity index (χ3v) is 17.9. The highest BCUT2D eigenvalue weighted by molar-refractivity contribution is 6.02. The monoisotopic (exact) mass is 1010 g/mol. The van der Waals surface area contributed by atoms with Crippen LogP contribution in [0, 0.1) is 22.5 Å². The Hall–Kier alpha value is -6.11. The van der Waals surface area contributed by atoms with Gasteiger partial charge in [0.1, 0.15) is 40.3 Å². The summed E-state index contributed by atoms with van der Waals surface area (Å²) >= 11 is 0. The normalized spacial score (nSPS) is 24.7. The lowest BCUT2D eigenvalue weighted by Crippen LogP contribution is -2.60. The van der Waals surface area contributed by atoms with Crippen LogP contribution < -0.4 is 19.9 Å². The number of amides is 2. The Morgan fingerprint density at radius 3 is 2.41 bits per heavy atom. The predicted octanol–water partition coefficient (Wildman–Crippen LogP) is 8.04. The lowest BCUT2D eigenvalue weighted by atomic mass is 9.55. The van der Waals surface area contributed by atoms with Gasteiger partial charge in [0.2, 0.25) is 5.91 Å². The minimum Gasteiger partial charge on any atom is -0.508 e. The van der Waals surface area contributed by atoms with Gasteiger partial charge in [-0.25, -0.2) is 13.2 Å². The Morgan fingerprint density at radius 2 is 1.66 bits per heavy atom. The first-order valence-corrected chi connectivity index (χ1v) is 26.8. The number of piperidine rings is 3. The SMILES string of the molecule is CCc1c(F)ccc2cc(O)cc(-c3ncc4c(N5CCC[C@]6(CCO6)C5)nc(OCC5(CN6CCC7(CC6)CC(F)(CN6CCN(c8ccc9c(cnn9C9CCC(=O)NC9=O)c8)CC6)C7)CC5)nc4c3F)c12. The van der Waals surface area contributed by atoms with Crippen LogP contribution in [-0.4, -0.2) is 141 Å². The summed E-state index contributed by atoms with van der Waals surface area (Å²) in [4.78, 5) is 47.9. The smallest absolute Gasteiger partial charge is 0.319 e. The van der Waals surface area contributed by atoms with Crippen LogP contribution in [0.2, 0.25) is 0 Å². The van der Waals surface area contributed by atoms with Crippen molar-refractivity contribution in [2.45, 2.75) is 101 Å². The molecule has 2 spiro atoms. The summed E-state index contributed by atoms with van der Waals surface area (Å²) in [6.07, 6.45) is 12.4. The second kappa shape index (κ2) is 18.0. The number of phenolic OH excluding ortho intramolecular Hbond substituents is 1. The molecule has 0 bridgehead atoms. The number of imide groups is 1. The number of aromatic hydroxyl groups is 1. The molecule has 388 valence electrons. The number of benzene rings is 3. The van der Waals surface area contributed by atoms with Crippen molar-refractivity contribution < 1.29 is 37.3 Å². The van der Waals surface area contributed by atoms with Crippen LogP contribution >= 0.6 is 0 Å². The maximum atomic E-state index is 17.3. The number of alkyl halides is 1. The van der Waals surface area contributed by atoms with Crippen LogP contribution in [0.3, 0.4) is 0 Å². The summed E-state index contributed by atoms with van der Waals surface area (Å²) in [5.74, 6) is -1.18. The summed E-state index contributed by atoms with van der Waals surface area (Å²) in [6, 6.07) is 11.7. The zero-order chi connectivity index (χ0) is 50.6. The maximum Gasteiger partial charge on any atom is 0.319 e. The molecule has 2 atom stereocenters. The van der Waals surface area contributed by atoms with Crippen molar-refractivity contribution in [3.8, 4) is 23.0 Å². The molecule has 5 saturated heterocycles. The molecule has 1 unspecified atom stereocenters. The number of phenols is 1. The fourth-order valence-electron chi connectivity index (χ4n) is 13.7. The van der Waals surface area contributed by atoms with E-state index in [2.05, 4.69) is 47.1 Å². The van der Waals surface area contributed by atoms with Crippen LogP contribution in [0.25, 0.3) is 43.8 Å². The van der Waals surface area contributed by atoms with Crippen LogP contribution in [-0.2, 0) is 20.7 Å². The summed E-state index contributed by atoms with van der Waals surface area (Å²) in [6.45, 7) is 10.6. The van der Waals surface area contributed by atoms with Crippen LogP contribution in [0.4, 0.5) is 24.7 Å². The molecular weight excluding hydrogens is 950 g/mol. The molecule has 5 aliphatic heterocycles. The Balaban J connectivity index is 0.645.